The molecule has 1 N–H and O–H groups in total. The summed E-state index contributed by atoms with van der Waals surface area (Å²) in [4.78, 5) is 6.84. The molecule has 1 aliphatic heterocycles. The van der Waals surface area contributed by atoms with Crippen LogP contribution in [0, 0.1) is 6.92 Å². The molecule has 0 saturated carbocycles. The molecule has 1 unspecified atom stereocenters. The van der Waals surface area contributed by atoms with Gasteiger partial charge >= 0.3 is 0 Å². The highest BCUT2D eigenvalue weighted by molar-refractivity contribution is 7.80. The zero-order chi connectivity index (χ0) is 22.0. The van der Waals surface area contributed by atoms with Crippen LogP contribution in [0.15, 0.2) is 58.8 Å². The van der Waals surface area contributed by atoms with Gasteiger partial charge in [0.1, 0.15) is 5.75 Å². The summed E-state index contributed by atoms with van der Waals surface area (Å²) < 4.78 is 11.1. The molecule has 1 aromatic heterocycles. The first-order chi connectivity index (χ1) is 15.0. The lowest BCUT2D eigenvalue weighted by molar-refractivity contribution is 0.396. The Labute approximate surface area is 187 Å². The Kier molecular flexibility index (Phi) is 6.04. The summed E-state index contributed by atoms with van der Waals surface area (Å²) in [6, 6.07) is 15.9. The van der Waals surface area contributed by atoms with Crippen molar-refractivity contribution in [2.24, 2.45) is 0 Å². The quantitative estimate of drug-likeness (QED) is 0.540. The number of hydrogen-bond donors (Lipinski definition) is 1. The van der Waals surface area contributed by atoms with E-state index in [1.807, 2.05) is 24.3 Å². The predicted molar refractivity (Wildman–Crippen MR) is 126 cm³/mol. The van der Waals surface area contributed by atoms with Crippen molar-refractivity contribution in [2.75, 3.05) is 13.7 Å². The minimum Gasteiger partial charge on any atom is -0.497 e. The minimum atomic E-state index is -0.167. The average molecular weight is 435 g/mol. The zero-order valence-corrected chi connectivity index (χ0v) is 19.0. The van der Waals surface area contributed by atoms with Crippen molar-refractivity contribution in [2.45, 2.75) is 33.2 Å². The van der Waals surface area contributed by atoms with Gasteiger partial charge in [-0.05, 0) is 50.2 Å². The molecule has 4 rings (SSSR count). The molecule has 2 heterocycles. The molecule has 0 aliphatic carbocycles. The SMILES string of the molecule is CCCN1C(=S)NC(c2ccc(C)cc2)C(c2nc(-c3cccc(OC)c3)no2)=C1C. The van der Waals surface area contributed by atoms with Gasteiger partial charge in [-0.2, -0.15) is 4.98 Å². The van der Waals surface area contributed by atoms with Crippen molar-refractivity contribution in [3.8, 4) is 17.1 Å². The van der Waals surface area contributed by atoms with Gasteiger partial charge in [0.05, 0.1) is 18.7 Å². The number of hydrogen-bond acceptors (Lipinski definition) is 5. The summed E-state index contributed by atoms with van der Waals surface area (Å²) in [5.74, 6) is 1.75. The normalized spacial score (nSPS) is 16.5. The molecular formula is C24H26N4O2S. The number of rotatable bonds is 6. The minimum absolute atomic E-state index is 0.167. The summed E-state index contributed by atoms with van der Waals surface area (Å²) in [6.07, 6.45) is 0.973. The summed E-state index contributed by atoms with van der Waals surface area (Å²) in [7, 11) is 1.64. The zero-order valence-electron chi connectivity index (χ0n) is 18.2. The highest BCUT2D eigenvalue weighted by Crippen LogP contribution is 2.37. The lowest BCUT2D eigenvalue weighted by atomic mass is 9.94. The topological polar surface area (TPSA) is 63.4 Å². The van der Waals surface area contributed by atoms with Gasteiger partial charge in [-0.15, -0.1) is 0 Å². The number of aromatic nitrogens is 2. The van der Waals surface area contributed by atoms with E-state index >= 15 is 0 Å². The molecule has 0 amide bonds. The number of ether oxygens (including phenoxy) is 1. The summed E-state index contributed by atoms with van der Waals surface area (Å²) in [5.41, 5.74) is 5.10. The van der Waals surface area contributed by atoms with E-state index in [0.717, 1.165) is 41.1 Å². The van der Waals surface area contributed by atoms with Gasteiger partial charge in [0.25, 0.3) is 5.89 Å². The monoisotopic (exact) mass is 434 g/mol. The van der Waals surface area contributed by atoms with E-state index in [1.165, 1.54) is 5.56 Å². The Morgan fingerprint density at radius 3 is 2.65 bits per heavy atom. The van der Waals surface area contributed by atoms with Crippen LogP contribution in [0.4, 0.5) is 0 Å². The van der Waals surface area contributed by atoms with Crippen molar-refractivity contribution in [3.05, 3.63) is 71.2 Å². The number of nitrogens with one attached hydrogen (secondary N) is 1. The van der Waals surface area contributed by atoms with Crippen LogP contribution in [0.5, 0.6) is 5.75 Å². The van der Waals surface area contributed by atoms with Crippen molar-refractivity contribution in [1.29, 1.82) is 0 Å². The van der Waals surface area contributed by atoms with Crippen molar-refractivity contribution < 1.29 is 9.26 Å². The highest BCUT2D eigenvalue weighted by Gasteiger charge is 2.33. The molecular weight excluding hydrogens is 408 g/mol. The molecule has 7 heteroatoms. The first kappa shape index (κ1) is 21.1. The van der Waals surface area contributed by atoms with Gasteiger partial charge < -0.3 is 19.5 Å². The maximum absolute atomic E-state index is 5.77. The van der Waals surface area contributed by atoms with Crippen LogP contribution in [-0.2, 0) is 0 Å². The largest absolute Gasteiger partial charge is 0.497 e. The second-order valence-electron chi connectivity index (χ2n) is 7.60. The first-order valence-corrected chi connectivity index (χ1v) is 10.8. The number of thiocarbonyl (C=S) groups is 1. The lowest BCUT2D eigenvalue weighted by Crippen LogP contribution is -2.46. The molecule has 1 atom stereocenters. The molecule has 0 saturated heterocycles. The predicted octanol–water partition coefficient (Wildman–Crippen LogP) is 5.13. The van der Waals surface area contributed by atoms with Crippen LogP contribution in [0.2, 0.25) is 0 Å². The lowest BCUT2D eigenvalue weighted by Gasteiger charge is -2.37. The van der Waals surface area contributed by atoms with Crippen LogP contribution in [0.1, 0.15) is 43.3 Å². The molecule has 2 aromatic carbocycles. The standard InChI is InChI=1S/C24H26N4O2S/c1-5-13-28-16(3)20(21(25-24(28)31)17-11-9-15(2)10-12-17)23-26-22(27-30-23)18-7-6-8-19(14-18)29-4/h6-12,14,21H,5,13H2,1-4H3,(H,25,31). The third-order valence-electron chi connectivity index (χ3n) is 5.44. The van der Waals surface area contributed by atoms with Gasteiger partial charge in [0.15, 0.2) is 5.11 Å². The molecule has 160 valence electrons. The van der Waals surface area contributed by atoms with Gasteiger partial charge in [-0.3, -0.25) is 0 Å². The van der Waals surface area contributed by atoms with E-state index in [9.17, 15) is 0 Å². The van der Waals surface area contributed by atoms with E-state index in [4.69, 9.17) is 26.5 Å². The van der Waals surface area contributed by atoms with Crippen molar-refractivity contribution in [1.82, 2.24) is 20.4 Å². The number of allylic oxidation sites excluding steroid dienone is 1. The molecule has 0 spiro atoms. The maximum Gasteiger partial charge on any atom is 0.258 e. The smallest absolute Gasteiger partial charge is 0.258 e. The number of methoxy groups -OCH3 is 1. The molecule has 31 heavy (non-hydrogen) atoms. The second kappa shape index (κ2) is 8.89. The first-order valence-electron chi connectivity index (χ1n) is 10.4. The number of aryl methyl sites for hydroxylation is 1. The number of nitrogens with zero attached hydrogens (tertiary/aromatic N) is 3. The summed E-state index contributed by atoms with van der Waals surface area (Å²) >= 11 is 5.68. The third-order valence-corrected chi connectivity index (χ3v) is 5.78. The highest BCUT2D eigenvalue weighted by atomic mass is 32.1. The Hall–Kier alpha value is -3.19. The van der Waals surface area contributed by atoms with Gasteiger partial charge in [0, 0.05) is 17.8 Å². The van der Waals surface area contributed by atoms with Crippen molar-refractivity contribution >= 4 is 22.9 Å². The fourth-order valence-corrected chi connectivity index (χ4v) is 4.12. The maximum atomic E-state index is 5.77. The van der Waals surface area contributed by atoms with Crippen LogP contribution in [0.25, 0.3) is 17.0 Å². The Morgan fingerprint density at radius 2 is 1.94 bits per heavy atom. The molecule has 1 aliphatic rings. The van der Waals surface area contributed by atoms with Gasteiger partial charge in [-0.25, -0.2) is 0 Å². The third kappa shape index (κ3) is 4.18. The summed E-state index contributed by atoms with van der Waals surface area (Å²) in [5, 5.41) is 8.44. The molecule has 3 aromatic rings. The van der Waals surface area contributed by atoms with E-state index in [1.54, 1.807) is 7.11 Å². The molecule has 0 fully saturated rings. The molecule has 0 radical (unpaired) electrons. The van der Waals surface area contributed by atoms with Gasteiger partial charge in [-0.1, -0.05) is 54.0 Å². The summed E-state index contributed by atoms with van der Waals surface area (Å²) in [6.45, 7) is 7.09. The van der Waals surface area contributed by atoms with Gasteiger partial charge in [0.2, 0.25) is 5.82 Å². The Morgan fingerprint density at radius 1 is 1.16 bits per heavy atom. The fourth-order valence-electron chi connectivity index (χ4n) is 3.77. The number of benzene rings is 2. The van der Waals surface area contributed by atoms with Crippen LogP contribution < -0.4 is 10.1 Å². The van der Waals surface area contributed by atoms with E-state index in [2.05, 4.69) is 60.4 Å². The molecule has 0 bridgehead atoms. The average Bonchev–Trinajstić information content (AvgIpc) is 3.26. The fraction of sp³-hybridized carbons (Fsp3) is 0.292. The van der Waals surface area contributed by atoms with E-state index < -0.39 is 0 Å². The van der Waals surface area contributed by atoms with Crippen LogP contribution in [0.3, 0.4) is 0 Å². The van der Waals surface area contributed by atoms with Crippen LogP contribution >= 0.6 is 12.2 Å². The van der Waals surface area contributed by atoms with Crippen LogP contribution in [-0.4, -0.2) is 33.8 Å². The molecule has 6 nitrogen and oxygen atoms in total. The Bertz CT molecular complexity index is 1120. The second-order valence-corrected chi connectivity index (χ2v) is 7.99. The van der Waals surface area contributed by atoms with Crippen molar-refractivity contribution in [3.63, 3.8) is 0 Å². The van der Waals surface area contributed by atoms with E-state index in [0.29, 0.717) is 16.8 Å². The van der Waals surface area contributed by atoms with E-state index in [-0.39, 0.29) is 6.04 Å². The Balaban J connectivity index is 1.80.